The van der Waals surface area contributed by atoms with E-state index in [9.17, 15) is 8.42 Å². The Kier molecular flexibility index (Phi) is 7.59. The van der Waals surface area contributed by atoms with Gasteiger partial charge >= 0.3 is 0 Å². The van der Waals surface area contributed by atoms with Crippen LogP contribution in [0.5, 0.6) is 0 Å². The fourth-order valence-corrected chi connectivity index (χ4v) is 6.12. The summed E-state index contributed by atoms with van der Waals surface area (Å²) in [7, 11) is -3.30. The fraction of sp³-hybridized carbons (Fsp3) is 0.207. The van der Waals surface area contributed by atoms with E-state index in [2.05, 4.69) is 24.8 Å². The Morgan fingerprint density at radius 2 is 1.76 bits per heavy atom. The molecule has 0 bridgehead atoms. The molecule has 0 spiro atoms. The monoisotopic (exact) mass is 565 g/mol. The largest absolute Gasteiger partial charge is 0.468 e. The minimum atomic E-state index is -3.30. The van der Waals surface area contributed by atoms with Crippen LogP contribution >= 0.6 is 22.9 Å². The zero-order chi connectivity index (χ0) is 26.9. The molecule has 0 amide bonds. The van der Waals surface area contributed by atoms with Crippen LogP contribution in [0.4, 0.5) is 0 Å². The molecule has 6 nitrogen and oxygen atoms in total. The zero-order valence-electron chi connectivity index (χ0n) is 21.3. The summed E-state index contributed by atoms with van der Waals surface area (Å²) in [5, 5.41) is 5.59. The van der Waals surface area contributed by atoms with E-state index in [0.717, 1.165) is 38.2 Å². The summed E-state index contributed by atoms with van der Waals surface area (Å²) in [5.74, 6) is 0.906. The number of aromatic nitrogens is 2. The Balaban J connectivity index is 1.54. The summed E-state index contributed by atoms with van der Waals surface area (Å²) in [4.78, 5) is 4.59. The SMILES string of the molecule is CC(C)N(Cc1cc(-c2ccc(-c3cccc(S(C)(=O)=O)c3)s2)n(-c2ccccc2Cl)n1)Cc1ccco1. The number of hydrogen-bond donors (Lipinski definition) is 0. The minimum absolute atomic E-state index is 0.282. The van der Waals surface area contributed by atoms with Gasteiger partial charge in [0.1, 0.15) is 5.76 Å². The van der Waals surface area contributed by atoms with Gasteiger partial charge in [-0.25, -0.2) is 13.1 Å². The summed E-state index contributed by atoms with van der Waals surface area (Å²) >= 11 is 8.19. The first-order valence-corrected chi connectivity index (χ1v) is 15.3. The van der Waals surface area contributed by atoms with Crippen molar-refractivity contribution in [2.45, 2.75) is 37.9 Å². The lowest BCUT2D eigenvalue weighted by Crippen LogP contribution is -2.29. The maximum Gasteiger partial charge on any atom is 0.175 e. The number of benzene rings is 2. The summed E-state index contributed by atoms with van der Waals surface area (Å²) < 4.78 is 31.7. The molecule has 5 rings (SSSR count). The second-order valence-electron chi connectivity index (χ2n) is 9.43. The predicted molar refractivity (Wildman–Crippen MR) is 154 cm³/mol. The van der Waals surface area contributed by atoms with Gasteiger partial charge in [0.2, 0.25) is 0 Å². The maximum atomic E-state index is 12.1. The molecule has 0 aliphatic heterocycles. The van der Waals surface area contributed by atoms with E-state index >= 15 is 0 Å². The highest BCUT2D eigenvalue weighted by Crippen LogP contribution is 2.37. The summed E-state index contributed by atoms with van der Waals surface area (Å²) in [6, 6.07) is 25.0. The second kappa shape index (κ2) is 10.9. The zero-order valence-corrected chi connectivity index (χ0v) is 23.7. The van der Waals surface area contributed by atoms with Crippen molar-refractivity contribution in [1.29, 1.82) is 0 Å². The topological polar surface area (TPSA) is 68.3 Å². The second-order valence-corrected chi connectivity index (χ2v) is 12.9. The van der Waals surface area contributed by atoms with E-state index in [1.54, 1.807) is 35.8 Å². The molecule has 0 atom stereocenters. The highest BCUT2D eigenvalue weighted by molar-refractivity contribution is 7.90. The van der Waals surface area contributed by atoms with Gasteiger partial charge in [-0.1, -0.05) is 35.9 Å². The number of rotatable bonds is 9. The van der Waals surface area contributed by atoms with E-state index in [1.165, 1.54) is 6.26 Å². The van der Waals surface area contributed by atoms with Crippen LogP contribution in [-0.4, -0.2) is 35.4 Å². The van der Waals surface area contributed by atoms with Gasteiger partial charge in [0.05, 0.1) is 44.7 Å². The average Bonchev–Trinajstić information content (AvgIpc) is 3.65. The summed E-state index contributed by atoms with van der Waals surface area (Å²) in [5.41, 5.74) is 3.49. The van der Waals surface area contributed by atoms with Crippen molar-refractivity contribution in [3.8, 4) is 26.7 Å². The third kappa shape index (κ3) is 5.78. The smallest absolute Gasteiger partial charge is 0.175 e. The highest BCUT2D eigenvalue weighted by Gasteiger charge is 2.20. The van der Waals surface area contributed by atoms with E-state index in [1.807, 2.05) is 59.3 Å². The predicted octanol–water partition coefficient (Wildman–Crippen LogP) is 7.33. The molecule has 0 N–H and O–H groups in total. The molecule has 0 fully saturated rings. The van der Waals surface area contributed by atoms with E-state index in [0.29, 0.717) is 23.0 Å². The van der Waals surface area contributed by atoms with Crippen molar-refractivity contribution >= 4 is 32.8 Å². The molecule has 5 aromatic rings. The van der Waals surface area contributed by atoms with Crippen LogP contribution in [0.1, 0.15) is 25.3 Å². The standard InChI is InChI=1S/C29H28ClN3O3S2/c1-20(2)32(19-23-9-7-15-36-23)18-22-17-27(33(31-22)26-12-5-4-11-25(26)30)29-14-13-28(37-29)21-8-6-10-24(16-21)38(3,34)35/h4-17,20H,18-19H2,1-3H3. The number of nitrogens with zero attached hydrogens (tertiary/aromatic N) is 3. The Bertz CT molecular complexity index is 1650. The van der Waals surface area contributed by atoms with Crippen molar-refractivity contribution < 1.29 is 12.8 Å². The fourth-order valence-electron chi connectivity index (χ4n) is 4.23. The molecule has 3 heterocycles. The number of halogens is 1. The van der Waals surface area contributed by atoms with Crippen LogP contribution in [-0.2, 0) is 22.9 Å². The van der Waals surface area contributed by atoms with Crippen LogP contribution in [0.25, 0.3) is 26.7 Å². The molecule has 0 unspecified atom stereocenters. The van der Waals surface area contributed by atoms with Crippen molar-refractivity contribution in [3.05, 3.63) is 102 Å². The van der Waals surface area contributed by atoms with Crippen molar-refractivity contribution in [2.24, 2.45) is 0 Å². The lowest BCUT2D eigenvalue weighted by Gasteiger charge is -2.24. The normalized spacial score (nSPS) is 12.1. The molecule has 0 aliphatic rings. The van der Waals surface area contributed by atoms with E-state index < -0.39 is 9.84 Å². The van der Waals surface area contributed by atoms with Crippen LogP contribution in [0.15, 0.2) is 94.4 Å². The first-order chi connectivity index (χ1) is 18.2. The Morgan fingerprint density at radius 1 is 0.974 bits per heavy atom. The third-order valence-electron chi connectivity index (χ3n) is 6.28. The number of hydrogen-bond acceptors (Lipinski definition) is 6. The van der Waals surface area contributed by atoms with Crippen LogP contribution in [0, 0.1) is 0 Å². The lowest BCUT2D eigenvalue weighted by molar-refractivity contribution is 0.185. The molecule has 38 heavy (non-hydrogen) atoms. The third-order valence-corrected chi connectivity index (χ3v) is 8.87. The van der Waals surface area contributed by atoms with Gasteiger partial charge in [0.25, 0.3) is 0 Å². The van der Waals surface area contributed by atoms with Crippen molar-refractivity contribution in [3.63, 3.8) is 0 Å². The molecule has 2 aromatic carbocycles. The van der Waals surface area contributed by atoms with Crippen LogP contribution in [0.3, 0.4) is 0 Å². The van der Waals surface area contributed by atoms with Crippen molar-refractivity contribution in [1.82, 2.24) is 14.7 Å². The van der Waals surface area contributed by atoms with E-state index in [-0.39, 0.29) is 6.04 Å². The molecular weight excluding hydrogens is 538 g/mol. The molecule has 0 saturated heterocycles. The number of para-hydroxylation sites is 1. The maximum absolute atomic E-state index is 12.1. The number of furan rings is 1. The molecule has 0 radical (unpaired) electrons. The van der Waals surface area contributed by atoms with Gasteiger partial charge in [-0.15, -0.1) is 11.3 Å². The minimum Gasteiger partial charge on any atom is -0.468 e. The molecular formula is C29H28ClN3O3S2. The van der Waals surface area contributed by atoms with Gasteiger partial charge in [-0.2, -0.15) is 5.10 Å². The molecule has 0 aliphatic carbocycles. The van der Waals surface area contributed by atoms with Gasteiger partial charge in [0.15, 0.2) is 9.84 Å². The average molecular weight is 566 g/mol. The lowest BCUT2D eigenvalue weighted by atomic mass is 10.2. The Morgan fingerprint density at radius 3 is 2.47 bits per heavy atom. The Hall–Kier alpha value is -3.17. The number of sulfone groups is 1. The van der Waals surface area contributed by atoms with Crippen LogP contribution in [0.2, 0.25) is 5.02 Å². The first-order valence-electron chi connectivity index (χ1n) is 12.2. The molecule has 0 saturated carbocycles. The molecule has 196 valence electrons. The summed E-state index contributed by atoms with van der Waals surface area (Å²) in [6.07, 6.45) is 2.92. The van der Waals surface area contributed by atoms with Gasteiger partial charge in [-0.05, 0) is 74.0 Å². The quantitative estimate of drug-likeness (QED) is 0.187. The molecule has 9 heteroatoms. The van der Waals surface area contributed by atoms with E-state index in [4.69, 9.17) is 21.1 Å². The van der Waals surface area contributed by atoms with Crippen LogP contribution < -0.4 is 0 Å². The summed E-state index contributed by atoms with van der Waals surface area (Å²) in [6.45, 7) is 5.63. The van der Waals surface area contributed by atoms with Gasteiger partial charge in [-0.3, -0.25) is 4.90 Å². The van der Waals surface area contributed by atoms with Gasteiger partial charge in [0, 0.05) is 23.7 Å². The Labute approximate surface area is 232 Å². The first kappa shape index (κ1) is 26.4. The van der Waals surface area contributed by atoms with Crippen molar-refractivity contribution in [2.75, 3.05) is 6.26 Å². The molecule has 3 aromatic heterocycles. The number of thiophene rings is 1. The highest BCUT2D eigenvalue weighted by atomic mass is 35.5. The van der Waals surface area contributed by atoms with Gasteiger partial charge < -0.3 is 4.42 Å².